The molecule has 128 valence electrons. The van der Waals surface area contributed by atoms with Crippen LogP contribution in [0.2, 0.25) is 0 Å². The van der Waals surface area contributed by atoms with Gasteiger partial charge in [0.15, 0.2) is 11.6 Å². The third kappa shape index (κ3) is 2.91. The van der Waals surface area contributed by atoms with Crippen LogP contribution in [0.3, 0.4) is 0 Å². The summed E-state index contributed by atoms with van der Waals surface area (Å²) in [6.45, 7) is 0.601. The molecule has 0 bridgehead atoms. The molecule has 0 saturated heterocycles. The fourth-order valence-electron chi connectivity index (χ4n) is 4.05. The first-order valence-corrected chi connectivity index (χ1v) is 8.53. The number of hydrogen-bond donors (Lipinski definition) is 0. The highest BCUT2D eigenvalue weighted by molar-refractivity contribution is 5.85. The molecule has 0 unspecified atom stereocenters. The Balaban J connectivity index is 0.00000156. The van der Waals surface area contributed by atoms with Crippen LogP contribution >= 0.6 is 12.4 Å². The van der Waals surface area contributed by atoms with Crippen molar-refractivity contribution in [1.82, 2.24) is 4.90 Å². The molecule has 1 aliphatic heterocycles. The molecular weight excluding hydrogens is 317 g/mol. The van der Waals surface area contributed by atoms with Crippen LogP contribution in [0.5, 0.6) is 11.5 Å². The van der Waals surface area contributed by atoms with E-state index in [9.17, 15) is 4.39 Å². The number of ether oxygens (including phenoxy) is 2. The van der Waals surface area contributed by atoms with E-state index in [4.69, 9.17) is 9.47 Å². The zero-order valence-corrected chi connectivity index (χ0v) is 14.4. The van der Waals surface area contributed by atoms with Gasteiger partial charge in [-0.05, 0) is 44.2 Å². The molecule has 3 aliphatic rings. The fraction of sp³-hybridized carbons (Fsp3) is 0.667. The van der Waals surface area contributed by atoms with Gasteiger partial charge in [0.05, 0.1) is 7.11 Å². The Morgan fingerprint density at radius 1 is 1.09 bits per heavy atom. The lowest BCUT2D eigenvalue weighted by molar-refractivity contribution is -0.0196. The molecule has 2 saturated carbocycles. The zero-order valence-electron chi connectivity index (χ0n) is 13.6. The van der Waals surface area contributed by atoms with Gasteiger partial charge in [-0.2, -0.15) is 0 Å². The molecule has 0 radical (unpaired) electrons. The Morgan fingerprint density at radius 2 is 1.74 bits per heavy atom. The maximum absolute atomic E-state index is 14.0. The van der Waals surface area contributed by atoms with Crippen LogP contribution < -0.4 is 9.47 Å². The van der Waals surface area contributed by atoms with Crippen LogP contribution in [0.1, 0.15) is 44.1 Å². The maximum Gasteiger partial charge on any atom is 0.165 e. The van der Waals surface area contributed by atoms with E-state index in [1.165, 1.54) is 44.6 Å². The minimum atomic E-state index is -0.270. The maximum atomic E-state index is 14.0. The van der Waals surface area contributed by atoms with E-state index in [1.807, 2.05) is 0 Å². The summed E-state index contributed by atoms with van der Waals surface area (Å²) in [7, 11) is 1.65. The van der Waals surface area contributed by atoms with Crippen molar-refractivity contribution < 1.29 is 13.9 Å². The summed E-state index contributed by atoms with van der Waals surface area (Å²) in [6, 6.07) is 4.93. The zero-order chi connectivity index (χ0) is 15.1. The van der Waals surface area contributed by atoms with Crippen molar-refractivity contribution in [2.24, 2.45) is 0 Å². The molecule has 1 aromatic rings. The summed E-state index contributed by atoms with van der Waals surface area (Å²) in [5.41, 5.74) is 0.905. The van der Waals surface area contributed by atoms with E-state index in [1.54, 1.807) is 13.2 Å². The van der Waals surface area contributed by atoms with Gasteiger partial charge in [-0.1, -0.05) is 12.8 Å². The molecule has 1 atom stereocenters. The van der Waals surface area contributed by atoms with Crippen LogP contribution in [0.4, 0.5) is 4.39 Å². The molecule has 0 N–H and O–H groups in total. The lowest BCUT2D eigenvalue weighted by Crippen LogP contribution is -2.57. The SMILES string of the molecule is COc1ccc(F)c2c1C[C@@H](N(C1CCC1)C1CCC1)CO2.Cl. The van der Waals surface area contributed by atoms with E-state index in [2.05, 4.69) is 4.90 Å². The minimum Gasteiger partial charge on any atom is -0.496 e. The number of hydrogen-bond acceptors (Lipinski definition) is 3. The van der Waals surface area contributed by atoms with Crippen LogP contribution in [0.15, 0.2) is 12.1 Å². The smallest absolute Gasteiger partial charge is 0.165 e. The van der Waals surface area contributed by atoms with Crippen molar-refractivity contribution in [2.75, 3.05) is 13.7 Å². The fourth-order valence-corrected chi connectivity index (χ4v) is 4.05. The first-order valence-electron chi connectivity index (χ1n) is 8.53. The Bertz CT molecular complexity index is 546. The number of benzene rings is 1. The van der Waals surface area contributed by atoms with Gasteiger partial charge in [0, 0.05) is 23.7 Å². The van der Waals surface area contributed by atoms with E-state index >= 15 is 0 Å². The first kappa shape index (κ1) is 16.8. The predicted octanol–water partition coefficient (Wildman–Crippen LogP) is 3.97. The number of halogens is 2. The summed E-state index contributed by atoms with van der Waals surface area (Å²) in [6.07, 6.45) is 8.75. The standard InChI is InChI=1S/C18H24FNO2.ClH/c1-21-17-9-8-16(19)18-15(17)10-14(11-22-18)20(12-4-2-5-12)13-6-3-7-13;/h8-9,12-14H,2-7,10-11H2,1H3;1H/t14-;/m1./s1. The quantitative estimate of drug-likeness (QED) is 0.827. The van der Waals surface area contributed by atoms with Gasteiger partial charge in [-0.15, -0.1) is 12.4 Å². The van der Waals surface area contributed by atoms with Crippen molar-refractivity contribution >= 4 is 12.4 Å². The van der Waals surface area contributed by atoms with E-state index < -0.39 is 0 Å². The van der Waals surface area contributed by atoms with Crippen LogP contribution in [-0.2, 0) is 6.42 Å². The van der Waals surface area contributed by atoms with Gasteiger partial charge in [0.2, 0.25) is 0 Å². The Hall–Kier alpha value is -1.00. The van der Waals surface area contributed by atoms with Gasteiger partial charge in [-0.25, -0.2) is 4.39 Å². The third-order valence-electron chi connectivity index (χ3n) is 5.66. The second kappa shape index (κ2) is 6.86. The van der Waals surface area contributed by atoms with E-state index in [-0.39, 0.29) is 18.2 Å². The van der Waals surface area contributed by atoms with E-state index in [0.29, 0.717) is 30.5 Å². The second-order valence-electron chi connectivity index (χ2n) is 6.84. The number of fused-ring (bicyclic) bond motifs is 1. The molecule has 4 rings (SSSR count). The lowest BCUT2D eigenvalue weighted by Gasteiger charge is -2.51. The van der Waals surface area contributed by atoms with Crippen molar-refractivity contribution in [3.8, 4) is 11.5 Å². The Labute approximate surface area is 143 Å². The van der Waals surface area contributed by atoms with Gasteiger partial charge < -0.3 is 9.47 Å². The molecular formula is C18H25ClFNO2. The lowest BCUT2D eigenvalue weighted by atomic mass is 9.82. The highest BCUT2D eigenvalue weighted by atomic mass is 35.5. The summed E-state index contributed by atoms with van der Waals surface area (Å²) >= 11 is 0. The van der Waals surface area contributed by atoms with Crippen LogP contribution in [-0.4, -0.2) is 36.7 Å². The highest BCUT2D eigenvalue weighted by Gasteiger charge is 2.40. The monoisotopic (exact) mass is 341 g/mol. The summed E-state index contributed by atoms with van der Waals surface area (Å²) < 4.78 is 25.3. The van der Waals surface area contributed by atoms with Gasteiger partial charge in [-0.3, -0.25) is 4.90 Å². The average molecular weight is 342 g/mol. The number of methoxy groups -OCH3 is 1. The largest absolute Gasteiger partial charge is 0.496 e. The van der Waals surface area contributed by atoms with Crippen molar-refractivity contribution in [3.63, 3.8) is 0 Å². The molecule has 0 aromatic heterocycles. The number of rotatable bonds is 4. The van der Waals surface area contributed by atoms with Crippen molar-refractivity contribution in [2.45, 2.75) is 63.1 Å². The molecule has 1 aromatic carbocycles. The van der Waals surface area contributed by atoms with Crippen molar-refractivity contribution in [1.29, 1.82) is 0 Å². The molecule has 2 aliphatic carbocycles. The topological polar surface area (TPSA) is 21.7 Å². The molecule has 0 amide bonds. The summed E-state index contributed by atoms with van der Waals surface area (Å²) in [5, 5.41) is 0. The van der Waals surface area contributed by atoms with E-state index in [0.717, 1.165) is 17.7 Å². The number of nitrogens with zero attached hydrogens (tertiary/aromatic N) is 1. The van der Waals surface area contributed by atoms with Gasteiger partial charge >= 0.3 is 0 Å². The third-order valence-corrected chi connectivity index (χ3v) is 5.66. The molecule has 3 nitrogen and oxygen atoms in total. The van der Waals surface area contributed by atoms with Crippen LogP contribution in [0, 0.1) is 5.82 Å². The molecule has 5 heteroatoms. The molecule has 2 fully saturated rings. The Morgan fingerprint density at radius 3 is 2.26 bits per heavy atom. The highest BCUT2D eigenvalue weighted by Crippen LogP contribution is 2.41. The van der Waals surface area contributed by atoms with Gasteiger partial charge in [0.25, 0.3) is 0 Å². The predicted molar refractivity (Wildman–Crippen MR) is 90.3 cm³/mol. The summed E-state index contributed by atoms with van der Waals surface area (Å²) in [5.74, 6) is 0.883. The van der Waals surface area contributed by atoms with Crippen molar-refractivity contribution in [3.05, 3.63) is 23.5 Å². The van der Waals surface area contributed by atoms with Crippen LogP contribution in [0.25, 0.3) is 0 Å². The molecule has 23 heavy (non-hydrogen) atoms. The molecule has 1 heterocycles. The second-order valence-corrected chi connectivity index (χ2v) is 6.84. The summed E-state index contributed by atoms with van der Waals surface area (Å²) in [4.78, 5) is 2.69. The molecule has 0 spiro atoms. The normalized spacial score (nSPS) is 24.0. The minimum absolute atomic E-state index is 0. The van der Waals surface area contributed by atoms with Gasteiger partial charge in [0.1, 0.15) is 12.4 Å². The first-order chi connectivity index (χ1) is 10.8. The average Bonchev–Trinajstić information content (AvgIpc) is 2.43. The Kier molecular flexibility index (Phi) is 5.02.